The van der Waals surface area contributed by atoms with E-state index < -0.39 is 13.9 Å². The van der Waals surface area contributed by atoms with Gasteiger partial charge in [0.15, 0.2) is 0 Å². The molecule has 0 spiro atoms. The van der Waals surface area contributed by atoms with Gasteiger partial charge in [0.05, 0.1) is 25.9 Å². The second-order valence-corrected chi connectivity index (χ2v) is 6.92. The Morgan fingerprint density at radius 3 is 2.53 bits per heavy atom. The van der Waals surface area contributed by atoms with Crippen LogP contribution in [0, 0.1) is 5.41 Å². The summed E-state index contributed by atoms with van der Waals surface area (Å²) in [6.07, 6.45) is 1.96. The summed E-state index contributed by atoms with van der Waals surface area (Å²) in [5, 5.41) is 9.57. The zero-order chi connectivity index (χ0) is 12.9. The number of phosphoric ester groups is 1. The van der Waals surface area contributed by atoms with Gasteiger partial charge in [-0.25, -0.2) is 4.57 Å². The van der Waals surface area contributed by atoms with Crippen molar-refractivity contribution in [3.63, 3.8) is 0 Å². The molecule has 1 unspecified atom stereocenters. The molecule has 6 heteroatoms. The molecule has 0 radical (unpaired) electrons. The zero-order valence-electron chi connectivity index (χ0n) is 10.8. The number of aliphatic hydroxyl groups excluding tert-OH is 1. The quantitative estimate of drug-likeness (QED) is 0.749. The number of hydrogen-bond acceptors (Lipinski definition) is 5. The third-order valence-electron chi connectivity index (χ3n) is 2.54. The van der Waals surface area contributed by atoms with Gasteiger partial charge >= 0.3 is 7.82 Å². The molecule has 1 rings (SSSR count). The van der Waals surface area contributed by atoms with E-state index >= 15 is 0 Å². The third-order valence-corrected chi connectivity index (χ3v) is 3.90. The molecule has 0 aromatic rings. The Balaban J connectivity index is 2.29. The van der Waals surface area contributed by atoms with E-state index in [4.69, 9.17) is 13.6 Å². The fourth-order valence-corrected chi connectivity index (χ4v) is 2.95. The summed E-state index contributed by atoms with van der Waals surface area (Å²) in [7, 11) is -3.44. The molecule has 1 aliphatic rings. The van der Waals surface area contributed by atoms with Crippen LogP contribution in [-0.4, -0.2) is 31.0 Å². The van der Waals surface area contributed by atoms with Crippen molar-refractivity contribution in [2.45, 2.75) is 46.1 Å². The van der Waals surface area contributed by atoms with Gasteiger partial charge in [0.1, 0.15) is 0 Å². The molecular formula is C11H23O5P. The van der Waals surface area contributed by atoms with Gasteiger partial charge in [0.25, 0.3) is 0 Å². The minimum absolute atomic E-state index is 0.00228. The molecule has 0 bridgehead atoms. The zero-order valence-corrected chi connectivity index (χ0v) is 11.7. The average Bonchev–Trinajstić information content (AvgIpc) is 2.29. The van der Waals surface area contributed by atoms with Gasteiger partial charge in [-0.05, 0) is 6.42 Å². The van der Waals surface area contributed by atoms with Crippen LogP contribution in [0.1, 0.15) is 40.0 Å². The van der Waals surface area contributed by atoms with E-state index in [-0.39, 0.29) is 12.0 Å². The number of phosphoric acid groups is 1. The Hall–Kier alpha value is 0.0700. The maximum atomic E-state index is 11.9. The highest BCUT2D eigenvalue weighted by Crippen LogP contribution is 2.54. The lowest BCUT2D eigenvalue weighted by Gasteiger charge is -2.33. The minimum atomic E-state index is -3.44. The molecule has 5 nitrogen and oxygen atoms in total. The van der Waals surface area contributed by atoms with E-state index in [1.807, 2.05) is 20.8 Å². The topological polar surface area (TPSA) is 65.0 Å². The molecule has 0 aromatic carbocycles. The maximum absolute atomic E-state index is 11.9. The van der Waals surface area contributed by atoms with Crippen LogP contribution in [0.2, 0.25) is 0 Å². The van der Waals surface area contributed by atoms with E-state index in [1.54, 1.807) is 0 Å². The fourth-order valence-electron chi connectivity index (χ4n) is 1.36. The molecular weight excluding hydrogens is 243 g/mol. The Labute approximate surface area is 103 Å². The molecule has 0 aliphatic carbocycles. The molecule has 1 atom stereocenters. The standard InChI is InChI=1S/C11H23O5P/c1-4-5-6-10(12)7-14-17(13)15-8-11(2,3)9-16-17/h10,12H,4-9H2,1-3H3. The van der Waals surface area contributed by atoms with Crippen LogP contribution in [0.3, 0.4) is 0 Å². The number of aliphatic hydroxyl groups is 1. The fraction of sp³-hybridized carbons (Fsp3) is 1.00. The second-order valence-electron chi connectivity index (χ2n) is 5.25. The predicted octanol–water partition coefficient (Wildman–Crippen LogP) is 2.74. The number of rotatable bonds is 6. The maximum Gasteiger partial charge on any atom is 0.474 e. The van der Waals surface area contributed by atoms with Gasteiger partial charge in [0.2, 0.25) is 0 Å². The van der Waals surface area contributed by atoms with Gasteiger partial charge in [-0.3, -0.25) is 13.6 Å². The predicted molar refractivity (Wildman–Crippen MR) is 64.8 cm³/mol. The van der Waals surface area contributed by atoms with Crippen molar-refractivity contribution >= 4 is 7.82 Å². The van der Waals surface area contributed by atoms with Crippen LogP contribution in [0.15, 0.2) is 0 Å². The van der Waals surface area contributed by atoms with Crippen LogP contribution >= 0.6 is 7.82 Å². The lowest BCUT2D eigenvalue weighted by molar-refractivity contribution is -0.0121. The summed E-state index contributed by atoms with van der Waals surface area (Å²) in [6.45, 7) is 6.66. The molecule has 1 aliphatic heterocycles. The molecule has 0 aromatic heterocycles. The second kappa shape index (κ2) is 6.30. The normalized spacial score (nSPS) is 24.5. The summed E-state index contributed by atoms with van der Waals surface area (Å²) in [6, 6.07) is 0. The van der Waals surface area contributed by atoms with Gasteiger partial charge in [-0.1, -0.05) is 33.6 Å². The SMILES string of the molecule is CCCCC(O)COP1(=O)OCC(C)(C)CO1. The summed E-state index contributed by atoms with van der Waals surface area (Å²) < 4.78 is 27.3. The van der Waals surface area contributed by atoms with E-state index in [0.29, 0.717) is 19.6 Å². The Bertz CT molecular complexity index is 265. The molecule has 1 saturated heterocycles. The van der Waals surface area contributed by atoms with Gasteiger partial charge in [-0.15, -0.1) is 0 Å². The average molecular weight is 266 g/mol. The van der Waals surface area contributed by atoms with E-state index in [2.05, 4.69) is 0 Å². The Morgan fingerprint density at radius 2 is 2.00 bits per heavy atom. The van der Waals surface area contributed by atoms with Crippen LogP contribution in [0.4, 0.5) is 0 Å². The number of hydrogen-bond donors (Lipinski definition) is 1. The highest BCUT2D eigenvalue weighted by atomic mass is 31.2. The first-order valence-electron chi connectivity index (χ1n) is 6.09. The van der Waals surface area contributed by atoms with Crippen LogP contribution < -0.4 is 0 Å². The molecule has 102 valence electrons. The van der Waals surface area contributed by atoms with E-state index in [1.165, 1.54) is 0 Å². The lowest BCUT2D eigenvalue weighted by atomic mass is 9.97. The first-order chi connectivity index (χ1) is 7.87. The van der Waals surface area contributed by atoms with Crippen molar-refractivity contribution in [2.75, 3.05) is 19.8 Å². The van der Waals surface area contributed by atoms with E-state index in [9.17, 15) is 9.67 Å². The first-order valence-corrected chi connectivity index (χ1v) is 7.55. The molecule has 17 heavy (non-hydrogen) atoms. The molecule has 1 N–H and O–H groups in total. The summed E-state index contributed by atoms with van der Waals surface area (Å²) >= 11 is 0. The Morgan fingerprint density at radius 1 is 1.41 bits per heavy atom. The monoisotopic (exact) mass is 266 g/mol. The van der Waals surface area contributed by atoms with Gasteiger partial charge in [0, 0.05) is 5.41 Å². The summed E-state index contributed by atoms with van der Waals surface area (Å²) in [5.74, 6) is 0. The van der Waals surface area contributed by atoms with Crippen LogP contribution in [0.25, 0.3) is 0 Å². The summed E-state index contributed by atoms with van der Waals surface area (Å²) in [4.78, 5) is 0. The Kier molecular flexibility index (Phi) is 5.61. The third kappa shape index (κ3) is 5.49. The van der Waals surface area contributed by atoms with Crippen molar-refractivity contribution in [1.29, 1.82) is 0 Å². The van der Waals surface area contributed by atoms with Crippen molar-refractivity contribution in [2.24, 2.45) is 5.41 Å². The van der Waals surface area contributed by atoms with Gasteiger partial charge < -0.3 is 5.11 Å². The largest absolute Gasteiger partial charge is 0.474 e. The molecule has 0 amide bonds. The first kappa shape index (κ1) is 15.1. The van der Waals surface area contributed by atoms with Crippen molar-refractivity contribution in [3.8, 4) is 0 Å². The molecule has 1 fully saturated rings. The smallest absolute Gasteiger partial charge is 0.391 e. The molecule has 0 saturated carbocycles. The minimum Gasteiger partial charge on any atom is -0.391 e. The van der Waals surface area contributed by atoms with Crippen LogP contribution in [0.5, 0.6) is 0 Å². The molecule has 1 heterocycles. The van der Waals surface area contributed by atoms with Crippen molar-refractivity contribution in [3.05, 3.63) is 0 Å². The summed E-state index contributed by atoms with van der Waals surface area (Å²) in [5.41, 5.74) is -0.141. The van der Waals surface area contributed by atoms with Crippen LogP contribution in [-0.2, 0) is 18.1 Å². The number of unbranched alkanes of at least 4 members (excludes halogenated alkanes) is 1. The lowest BCUT2D eigenvalue weighted by Crippen LogP contribution is -2.30. The highest BCUT2D eigenvalue weighted by Gasteiger charge is 2.38. The van der Waals surface area contributed by atoms with Crippen molar-refractivity contribution in [1.82, 2.24) is 0 Å². The van der Waals surface area contributed by atoms with Gasteiger partial charge in [-0.2, -0.15) is 0 Å². The van der Waals surface area contributed by atoms with E-state index in [0.717, 1.165) is 12.8 Å². The van der Waals surface area contributed by atoms with Crippen molar-refractivity contribution < 1.29 is 23.2 Å². The highest BCUT2D eigenvalue weighted by molar-refractivity contribution is 7.48.